The van der Waals surface area contributed by atoms with Crippen molar-refractivity contribution in [3.05, 3.63) is 24.0 Å². The summed E-state index contributed by atoms with van der Waals surface area (Å²) < 4.78 is 2.27. The first kappa shape index (κ1) is 14.6. The fourth-order valence-electron chi connectivity index (χ4n) is 3.38. The highest BCUT2D eigenvalue weighted by atomic mass is 16.7. The Morgan fingerprint density at radius 2 is 2.24 bits per heavy atom. The lowest BCUT2D eigenvalue weighted by molar-refractivity contribution is -0.183. The molecule has 1 atom stereocenters. The average molecular weight is 291 g/mol. The molecular weight excluding hydrogens is 266 g/mol. The van der Waals surface area contributed by atoms with Gasteiger partial charge in [-0.3, -0.25) is 9.63 Å². The van der Waals surface area contributed by atoms with E-state index < -0.39 is 0 Å². The van der Waals surface area contributed by atoms with Crippen LogP contribution in [0.3, 0.4) is 0 Å². The zero-order chi connectivity index (χ0) is 14.7. The number of hydroxylamine groups is 2. The molecule has 0 radical (unpaired) electrons. The first-order valence-corrected chi connectivity index (χ1v) is 8.12. The topological polar surface area (TPSA) is 37.7 Å². The van der Waals surface area contributed by atoms with E-state index in [2.05, 4.69) is 34.7 Å². The number of carbonyl (C=O) groups is 1. The summed E-state index contributed by atoms with van der Waals surface area (Å²) in [4.78, 5) is 20.2. The summed E-state index contributed by atoms with van der Waals surface area (Å²) in [6, 6.07) is 4.44. The highest BCUT2D eigenvalue weighted by molar-refractivity contribution is 5.77. The Bertz CT molecular complexity index is 480. The first-order valence-electron chi connectivity index (χ1n) is 8.12. The van der Waals surface area contributed by atoms with Crippen LogP contribution in [-0.4, -0.2) is 46.7 Å². The number of hydrogen-bond donors (Lipinski definition) is 0. The second kappa shape index (κ2) is 6.62. The smallest absolute Gasteiger partial charge is 0.224 e. The summed E-state index contributed by atoms with van der Waals surface area (Å²) in [5.41, 5.74) is 1.27. The molecule has 3 rings (SSSR count). The van der Waals surface area contributed by atoms with Gasteiger partial charge in [0, 0.05) is 44.5 Å². The molecular formula is C16H25N3O2. The Labute approximate surface area is 126 Å². The molecule has 2 aliphatic rings. The van der Waals surface area contributed by atoms with Gasteiger partial charge in [-0.05, 0) is 31.4 Å². The van der Waals surface area contributed by atoms with E-state index in [4.69, 9.17) is 4.84 Å². The Hall–Kier alpha value is -1.33. The molecule has 1 aromatic heterocycles. The van der Waals surface area contributed by atoms with Crippen LogP contribution in [0, 0.1) is 0 Å². The van der Waals surface area contributed by atoms with Gasteiger partial charge in [-0.15, -0.1) is 0 Å². The number of aromatic nitrogens is 1. The Kier molecular flexibility index (Phi) is 4.60. The van der Waals surface area contributed by atoms with Gasteiger partial charge < -0.3 is 9.47 Å². The highest BCUT2D eigenvalue weighted by Crippen LogP contribution is 2.29. The monoisotopic (exact) mass is 291 g/mol. The molecule has 0 N–H and O–H groups in total. The van der Waals surface area contributed by atoms with Crippen LogP contribution in [0.2, 0.25) is 0 Å². The quantitative estimate of drug-likeness (QED) is 0.853. The van der Waals surface area contributed by atoms with E-state index in [1.807, 2.05) is 5.06 Å². The zero-order valence-electron chi connectivity index (χ0n) is 12.8. The van der Waals surface area contributed by atoms with Gasteiger partial charge in [-0.2, -0.15) is 5.06 Å². The van der Waals surface area contributed by atoms with Gasteiger partial charge in [0.2, 0.25) is 5.91 Å². The molecule has 5 nitrogen and oxygen atoms in total. The second-order valence-electron chi connectivity index (χ2n) is 5.86. The van der Waals surface area contributed by atoms with Crippen LogP contribution in [0.1, 0.15) is 44.3 Å². The van der Waals surface area contributed by atoms with Crippen LogP contribution in [-0.2, 0) is 16.2 Å². The number of nitrogens with zero attached hydrogens (tertiary/aromatic N) is 3. The number of hydrogen-bond acceptors (Lipinski definition) is 3. The normalized spacial score (nSPS) is 23.1. The van der Waals surface area contributed by atoms with Crippen molar-refractivity contribution >= 4 is 5.91 Å². The lowest BCUT2D eigenvalue weighted by Crippen LogP contribution is -2.43. The maximum atomic E-state index is 12.6. The van der Waals surface area contributed by atoms with E-state index in [0.717, 1.165) is 39.1 Å². The molecule has 2 aliphatic heterocycles. The SMILES string of the molecule is CCC1c2cccn2CCN1C(=O)CCN1CCCCO1. The molecule has 0 saturated carbocycles. The summed E-state index contributed by atoms with van der Waals surface area (Å²) in [7, 11) is 0. The van der Waals surface area contributed by atoms with Gasteiger partial charge in [0.1, 0.15) is 0 Å². The Morgan fingerprint density at radius 3 is 3.00 bits per heavy atom. The minimum Gasteiger partial charge on any atom is -0.348 e. The summed E-state index contributed by atoms with van der Waals surface area (Å²) in [6.07, 6.45) is 5.93. The molecule has 21 heavy (non-hydrogen) atoms. The molecule has 1 fully saturated rings. The Morgan fingerprint density at radius 1 is 1.33 bits per heavy atom. The van der Waals surface area contributed by atoms with Gasteiger partial charge in [-0.25, -0.2) is 0 Å². The number of rotatable bonds is 4. The molecule has 116 valence electrons. The molecule has 3 heterocycles. The van der Waals surface area contributed by atoms with Crippen LogP contribution in [0.25, 0.3) is 0 Å². The lowest BCUT2D eigenvalue weighted by atomic mass is 10.1. The molecule has 0 bridgehead atoms. The third-order valence-electron chi connectivity index (χ3n) is 4.52. The van der Waals surface area contributed by atoms with Crippen LogP contribution < -0.4 is 0 Å². The molecule has 1 unspecified atom stereocenters. The van der Waals surface area contributed by atoms with Crippen molar-refractivity contribution in [1.29, 1.82) is 0 Å². The molecule has 0 aromatic carbocycles. The highest BCUT2D eigenvalue weighted by Gasteiger charge is 2.29. The van der Waals surface area contributed by atoms with Crippen molar-refractivity contribution in [2.75, 3.05) is 26.2 Å². The van der Waals surface area contributed by atoms with Gasteiger partial charge in [0.05, 0.1) is 12.6 Å². The molecule has 0 aliphatic carbocycles. The Balaban J connectivity index is 1.59. The predicted molar refractivity (Wildman–Crippen MR) is 80.6 cm³/mol. The third-order valence-corrected chi connectivity index (χ3v) is 4.52. The maximum Gasteiger partial charge on any atom is 0.224 e. The minimum absolute atomic E-state index is 0.225. The summed E-state index contributed by atoms with van der Waals surface area (Å²) in [5, 5.41) is 1.95. The molecule has 1 saturated heterocycles. The second-order valence-corrected chi connectivity index (χ2v) is 5.86. The van der Waals surface area contributed by atoms with Gasteiger partial charge in [0.15, 0.2) is 0 Å². The van der Waals surface area contributed by atoms with E-state index in [9.17, 15) is 4.79 Å². The van der Waals surface area contributed by atoms with E-state index in [-0.39, 0.29) is 11.9 Å². The van der Waals surface area contributed by atoms with Gasteiger partial charge in [-0.1, -0.05) is 6.92 Å². The van der Waals surface area contributed by atoms with Crippen LogP contribution >= 0.6 is 0 Å². The van der Waals surface area contributed by atoms with Crippen molar-refractivity contribution in [2.45, 2.75) is 45.2 Å². The van der Waals surface area contributed by atoms with Gasteiger partial charge in [0.25, 0.3) is 0 Å². The third kappa shape index (κ3) is 3.14. The number of carbonyl (C=O) groups excluding carboxylic acids is 1. The fourth-order valence-corrected chi connectivity index (χ4v) is 3.38. The van der Waals surface area contributed by atoms with Crippen molar-refractivity contribution in [3.63, 3.8) is 0 Å². The van der Waals surface area contributed by atoms with E-state index in [1.54, 1.807) is 0 Å². The van der Waals surface area contributed by atoms with Crippen molar-refractivity contribution in [2.24, 2.45) is 0 Å². The standard InChI is InChI=1S/C16H25N3O2/c1-2-14-15-6-5-8-17(15)11-12-19(14)16(20)7-10-18-9-3-4-13-21-18/h5-6,8,14H,2-4,7,9-13H2,1H3. The van der Waals surface area contributed by atoms with Crippen LogP contribution in [0.5, 0.6) is 0 Å². The van der Waals surface area contributed by atoms with E-state index in [0.29, 0.717) is 13.0 Å². The molecule has 1 amide bonds. The largest absolute Gasteiger partial charge is 0.348 e. The molecule has 0 spiro atoms. The fraction of sp³-hybridized carbons (Fsp3) is 0.688. The average Bonchev–Trinajstić information content (AvgIpc) is 3.01. The predicted octanol–water partition coefficient (Wildman–Crippen LogP) is 2.20. The summed E-state index contributed by atoms with van der Waals surface area (Å²) >= 11 is 0. The van der Waals surface area contributed by atoms with E-state index in [1.165, 1.54) is 12.1 Å². The first-order chi connectivity index (χ1) is 10.3. The van der Waals surface area contributed by atoms with Gasteiger partial charge >= 0.3 is 0 Å². The summed E-state index contributed by atoms with van der Waals surface area (Å²) in [5.74, 6) is 0.253. The molecule has 5 heteroatoms. The van der Waals surface area contributed by atoms with Crippen molar-refractivity contribution in [3.8, 4) is 0 Å². The van der Waals surface area contributed by atoms with E-state index >= 15 is 0 Å². The van der Waals surface area contributed by atoms with Crippen molar-refractivity contribution in [1.82, 2.24) is 14.5 Å². The zero-order valence-corrected chi connectivity index (χ0v) is 12.8. The number of amides is 1. The molecule has 1 aromatic rings. The minimum atomic E-state index is 0.225. The van der Waals surface area contributed by atoms with Crippen molar-refractivity contribution < 1.29 is 9.63 Å². The lowest BCUT2D eigenvalue weighted by Gasteiger charge is -2.37. The van der Waals surface area contributed by atoms with Crippen LogP contribution in [0.15, 0.2) is 18.3 Å². The maximum absolute atomic E-state index is 12.6. The summed E-state index contributed by atoms with van der Waals surface area (Å²) in [6.45, 7) is 6.34. The van der Waals surface area contributed by atoms with Crippen LogP contribution in [0.4, 0.5) is 0 Å². The number of fused-ring (bicyclic) bond motifs is 1.